The summed E-state index contributed by atoms with van der Waals surface area (Å²) in [6.07, 6.45) is 1.79. The molecule has 110 valence electrons. The van der Waals surface area contributed by atoms with Crippen LogP contribution in [0.5, 0.6) is 5.75 Å². The molecule has 0 radical (unpaired) electrons. The fraction of sp³-hybridized carbons (Fsp3) is 0.188. The van der Waals surface area contributed by atoms with Gasteiger partial charge in [0, 0.05) is 0 Å². The van der Waals surface area contributed by atoms with E-state index in [9.17, 15) is 0 Å². The van der Waals surface area contributed by atoms with Gasteiger partial charge in [0.05, 0.1) is 28.3 Å². The molecule has 0 heterocycles. The van der Waals surface area contributed by atoms with Crippen molar-refractivity contribution in [3.05, 3.63) is 62.5 Å². The third kappa shape index (κ3) is 4.86. The van der Waals surface area contributed by atoms with Gasteiger partial charge < -0.3 is 10.2 Å². The Morgan fingerprint density at radius 1 is 1.14 bits per heavy atom. The van der Waals surface area contributed by atoms with Gasteiger partial charge in [-0.2, -0.15) is 5.10 Å². The summed E-state index contributed by atoms with van der Waals surface area (Å²) in [6, 6.07) is 14.1. The van der Waals surface area contributed by atoms with E-state index in [-0.39, 0.29) is 0 Å². The van der Waals surface area contributed by atoms with Gasteiger partial charge >= 0.3 is 0 Å². The zero-order valence-electron chi connectivity index (χ0n) is 11.6. The Morgan fingerprint density at radius 2 is 1.81 bits per heavy atom. The predicted molar refractivity (Wildman–Crippen MR) is 93.9 cm³/mol. The van der Waals surface area contributed by atoms with Crippen LogP contribution >= 0.6 is 31.9 Å². The minimum Gasteiger partial charge on any atom is -0.492 e. The molecule has 0 saturated heterocycles. The molecule has 0 spiro atoms. The van der Waals surface area contributed by atoms with Crippen LogP contribution in [0.25, 0.3) is 0 Å². The molecule has 0 unspecified atom stereocenters. The van der Waals surface area contributed by atoms with E-state index < -0.39 is 0 Å². The highest BCUT2D eigenvalue weighted by Gasteiger charge is 2.07. The van der Waals surface area contributed by atoms with Gasteiger partial charge in [-0.05, 0) is 62.0 Å². The van der Waals surface area contributed by atoms with Crippen LogP contribution in [0.1, 0.15) is 18.1 Å². The molecular weight excluding hydrogens is 396 g/mol. The third-order valence-electron chi connectivity index (χ3n) is 2.74. The SMILES string of the molecule is CCOc1c(Br)cc(C=NNCc2ccccc2)cc1Br. The molecule has 2 aromatic rings. The lowest BCUT2D eigenvalue weighted by molar-refractivity contribution is 0.336. The lowest BCUT2D eigenvalue weighted by Crippen LogP contribution is -2.05. The largest absolute Gasteiger partial charge is 0.492 e. The Labute approximate surface area is 141 Å². The van der Waals surface area contributed by atoms with Crippen LogP contribution in [0, 0.1) is 0 Å². The second-order valence-electron chi connectivity index (χ2n) is 4.33. The molecule has 3 nitrogen and oxygen atoms in total. The number of nitrogens with one attached hydrogen (secondary N) is 1. The summed E-state index contributed by atoms with van der Waals surface area (Å²) in [5.74, 6) is 0.812. The smallest absolute Gasteiger partial charge is 0.147 e. The van der Waals surface area contributed by atoms with Gasteiger partial charge in [0.25, 0.3) is 0 Å². The van der Waals surface area contributed by atoms with E-state index in [1.165, 1.54) is 5.56 Å². The maximum atomic E-state index is 5.55. The Balaban J connectivity index is 1.98. The van der Waals surface area contributed by atoms with Gasteiger partial charge in [0.15, 0.2) is 0 Å². The number of hydrogen-bond acceptors (Lipinski definition) is 3. The number of nitrogens with zero attached hydrogens (tertiary/aromatic N) is 1. The van der Waals surface area contributed by atoms with Crippen molar-refractivity contribution in [2.75, 3.05) is 6.61 Å². The number of hydrazone groups is 1. The van der Waals surface area contributed by atoms with Gasteiger partial charge in [-0.3, -0.25) is 0 Å². The van der Waals surface area contributed by atoms with Gasteiger partial charge in [-0.25, -0.2) is 0 Å². The minimum absolute atomic E-state index is 0.628. The average Bonchev–Trinajstić information content (AvgIpc) is 2.48. The van der Waals surface area contributed by atoms with Crippen molar-refractivity contribution in [1.82, 2.24) is 5.43 Å². The normalized spacial score (nSPS) is 10.8. The summed E-state index contributed by atoms with van der Waals surface area (Å²) in [5.41, 5.74) is 5.22. The van der Waals surface area contributed by atoms with Crippen LogP contribution in [-0.2, 0) is 6.54 Å². The van der Waals surface area contributed by atoms with Gasteiger partial charge in [-0.1, -0.05) is 30.3 Å². The number of halogens is 2. The molecule has 0 bridgehead atoms. The quantitative estimate of drug-likeness (QED) is 0.550. The first-order chi connectivity index (χ1) is 10.2. The van der Waals surface area contributed by atoms with E-state index in [0.717, 1.165) is 20.3 Å². The summed E-state index contributed by atoms with van der Waals surface area (Å²) in [5, 5.41) is 4.24. The summed E-state index contributed by atoms with van der Waals surface area (Å²) >= 11 is 7.02. The lowest BCUT2D eigenvalue weighted by Gasteiger charge is -2.09. The standard InChI is InChI=1S/C16H16Br2N2O/c1-2-21-16-14(17)8-13(9-15(16)18)11-20-19-10-12-6-4-3-5-7-12/h3-9,11,19H,2,10H2,1H3. The molecule has 2 rings (SSSR count). The van der Waals surface area contributed by atoms with E-state index in [4.69, 9.17) is 4.74 Å². The fourth-order valence-electron chi connectivity index (χ4n) is 1.79. The molecule has 5 heteroatoms. The van der Waals surface area contributed by atoms with Crippen molar-refractivity contribution in [2.45, 2.75) is 13.5 Å². The van der Waals surface area contributed by atoms with Crippen LogP contribution in [0.4, 0.5) is 0 Å². The van der Waals surface area contributed by atoms with E-state index >= 15 is 0 Å². The first-order valence-electron chi connectivity index (χ1n) is 6.62. The molecule has 0 aliphatic carbocycles. The predicted octanol–water partition coefficient (Wildman–Crippen LogP) is 4.73. The molecule has 0 saturated carbocycles. The number of rotatable bonds is 6. The molecule has 0 aromatic heterocycles. The van der Waals surface area contributed by atoms with Gasteiger partial charge in [-0.15, -0.1) is 0 Å². The van der Waals surface area contributed by atoms with Crippen molar-refractivity contribution in [3.63, 3.8) is 0 Å². The monoisotopic (exact) mass is 410 g/mol. The number of hydrogen-bond donors (Lipinski definition) is 1. The van der Waals surface area contributed by atoms with E-state index in [0.29, 0.717) is 13.2 Å². The Bertz CT molecular complexity index is 592. The Kier molecular flexibility index (Phi) is 6.26. The number of ether oxygens (including phenoxy) is 1. The average molecular weight is 412 g/mol. The van der Waals surface area contributed by atoms with E-state index in [2.05, 4.69) is 54.5 Å². The minimum atomic E-state index is 0.628. The maximum Gasteiger partial charge on any atom is 0.147 e. The summed E-state index contributed by atoms with van der Waals surface area (Å²) in [6.45, 7) is 3.29. The van der Waals surface area contributed by atoms with Crippen LogP contribution in [-0.4, -0.2) is 12.8 Å². The molecule has 1 N–H and O–H groups in total. The molecular formula is C16H16Br2N2O. The second kappa shape index (κ2) is 8.20. The zero-order chi connectivity index (χ0) is 15.1. The van der Waals surface area contributed by atoms with Crippen molar-refractivity contribution < 1.29 is 4.74 Å². The first kappa shape index (κ1) is 16.0. The topological polar surface area (TPSA) is 33.6 Å². The molecule has 0 fully saturated rings. The van der Waals surface area contributed by atoms with Gasteiger partial charge in [0.2, 0.25) is 0 Å². The third-order valence-corrected chi connectivity index (χ3v) is 3.92. The molecule has 2 aromatic carbocycles. The van der Waals surface area contributed by atoms with Crippen molar-refractivity contribution in [3.8, 4) is 5.75 Å². The maximum absolute atomic E-state index is 5.55. The molecule has 0 amide bonds. The van der Waals surface area contributed by atoms with E-state index in [1.54, 1.807) is 6.21 Å². The highest BCUT2D eigenvalue weighted by Crippen LogP contribution is 2.34. The second-order valence-corrected chi connectivity index (χ2v) is 6.03. The summed E-state index contributed by atoms with van der Waals surface area (Å²) in [4.78, 5) is 0. The molecule has 0 aliphatic heterocycles. The van der Waals surface area contributed by atoms with Crippen molar-refractivity contribution >= 4 is 38.1 Å². The highest BCUT2D eigenvalue weighted by atomic mass is 79.9. The lowest BCUT2D eigenvalue weighted by atomic mass is 10.2. The van der Waals surface area contributed by atoms with Gasteiger partial charge in [0.1, 0.15) is 5.75 Å². The molecule has 0 atom stereocenters. The highest BCUT2D eigenvalue weighted by molar-refractivity contribution is 9.11. The molecule has 0 aliphatic rings. The Morgan fingerprint density at radius 3 is 2.43 bits per heavy atom. The Hall–Kier alpha value is -1.33. The van der Waals surface area contributed by atoms with E-state index in [1.807, 2.05) is 37.3 Å². The number of benzene rings is 2. The molecule has 21 heavy (non-hydrogen) atoms. The van der Waals surface area contributed by atoms with Crippen LogP contribution < -0.4 is 10.2 Å². The zero-order valence-corrected chi connectivity index (χ0v) is 14.8. The van der Waals surface area contributed by atoms with Crippen LogP contribution in [0.3, 0.4) is 0 Å². The summed E-state index contributed by atoms with van der Waals surface area (Å²) < 4.78 is 7.36. The first-order valence-corrected chi connectivity index (χ1v) is 8.21. The van der Waals surface area contributed by atoms with Crippen LogP contribution in [0.2, 0.25) is 0 Å². The van der Waals surface area contributed by atoms with Crippen LogP contribution in [0.15, 0.2) is 56.5 Å². The fourth-order valence-corrected chi connectivity index (χ4v) is 3.24. The van der Waals surface area contributed by atoms with Crippen molar-refractivity contribution in [1.29, 1.82) is 0 Å². The van der Waals surface area contributed by atoms with Crippen molar-refractivity contribution in [2.24, 2.45) is 5.10 Å². The summed E-state index contributed by atoms with van der Waals surface area (Å²) in [7, 11) is 0.